The maximum absolute atomic E-state index is 13.6. The molecule has 0 aliphatic carbocycles. The van der Waals surface area contributed by atoms with Crippen LogP contribution in [0.25, 0.3) is 0 Å². The molecule has 0 amide bonds. The molecule has 0 saturated carbocycles. The summed E-state index contributed by atoms with van der Waals surface area (Å²) < 4.78 is 24.0. The van der Waals surface area contributed by atoms with Crippen molar-refractivity contribution >= 4 is 11.7 Å². The number of benzene rings is 1. The third-order valence-corrected chi connectivity index (χ3v) is 2.31. The lowest BCUT2D eigenvalue weighted by Crippen LogP contribution is -2.04. The van der Waals surface area contributed by atoms with Crippen LogP contribution in [-0.4, -0.2) is 16.8 Å². The monoisotopic (exact) mass is 266 g/mol. The number of ether oxygens (including phenoxy) is 1. The van der Waals surface area contributed by atoms with E-state index in [4.69, 9.17) is 14.9 Å². The van der Waals surface area contributed by atoms with Crippen LogP contribution in [0.5, 0.6) is 5.75 Å². The highest BCUT2D eigenvalue weighted by Gasteiger charge is 2.11. The van der Waals surface area contributed by atoms with Gasteiger partial charge in [-0.2, -0.15) is 0 Å². The number of nitrogens with zero attached hydrogens (tertiary/aromatic N) is 2. The van der Waals surface area contributed by atoms with Gasteiger partial charge in [-0.15, -0.1) is 5.10 Å². The molecular weight excluding hydrogens is 251 g/mol. The van der Waals surface area contributed by atoms with Gasteiger partial charge < -0.3 is 20.2 Å². The standard InChI is InChI=1S/C12H15FN4O2/c1-3-18-10-5-4-8(6-9(10)13)15-12-17-16-11(19-12)7(2)14/h4-7H,3,14H2,1-2H3,(H,15,17). The van der Waals surface area contributed by atoms with E-state index in [1.807, 2.05) is 0 Å². The molecule has 2 aromatic rings. The number of anilines is 2. The van der Waals surface area contributed by atoms with E-state index in [9.17, 15) is 4.39 Å². The van der Waals surface area contributed by atoms with Crippen molar-refractivity contribution in [2.75, 3.05) is 11.9 Å². The first kappa shape index (κ1) is 13.3. The van der Waals surface area contributed by atoms with Crippen molar-refractivity contribution in [1.29, 1.82) is 0 Å². The van der Waals surface area contributed by atoms with Gasteiger partial charge in [0.1, 0.15) is 0 Å². The number of aromatic nitrogens is 2. The molecule has 0 saturated heterocycles. The summed E-state index contributed by atoms with van der Waals surface area (Å²) in [6, 6.07) is 4.30. The lowest BCUT2D eigenvalue weighted by Gasteiger charge is -2.06. The molecule has 2 rings (SSSR count). The average molecular weight is 266 g/mol. The fraction of sp³-hybridized carbons (Fsp3) is 0.333. The van der Waals surface area contributed by atoms with Crippen LogP contribution in [0.4, 0.5) is 16.1 Å². The lowest BCUT2D eigenvalue weighted by atomic mass is 10.3. The van der Waals surface area contributed by atoms with Crippen LogP contribution in [-0.2, 0) is 0 Å². The van der Waals surface area contributed by atoms with Crippen molar-refractivity contribution in [2.45, 2.75) is 19.9 Å². The van der Waals surface area contributed by atoms with Crippen molar-refractivity contribution < 1.29 is 13.5 Å². The highest BCUT2D eigenvalue weighted by molar-refractivity contribution is 5.53. The van der Waals surface area contributed by atoms with Gasteiger partial charge in [0.25, 0.3) is 0 Å². The van der Waals surface area contributed by atoms with Crippen molar-refractivity contribution in [1.82, 2.24) is 10.2 Å². The van der Waals surface area contributed by atoms with E-state index in [1.54, 1.807) is 19.9 Å². The molecule has 1 heterocycles. The third-order valence-electron chi connectivity index (χ3n) is 2.31. The first-order valence-corrected chi connectivity index (χ1v) is 5.88. The molecule has 1 unspecified atom stereocenters. The Bertz CT molecular complexity index is 556. The van der Waals surface area contributed by atoms with Gasteiger partial charge in [0.05, 0.1) is 12.6 Å². The lowest BCUT2D eigenvalue weighted by molar-refractivity contribution is 0.321. The minimum Gasteiger partial charge on any atom is -0.491 e. The molecular formula is C12H15FN4O2. The molecule has 19 heavy (non-hydrogen) atoms. The Labute approximate surface area is 109 Å². The quantitative estimate of drug-likeness (QED) is 0.864. The molecule has 6 nitrogen and oxygen atoms in total. The highest BCUT2D eigenvalue weighted by Crippen LogP contribution is 2.23. The molecule has 1 atom stereocenters. The predicted octanol–water partition coefficient (Wildman–Crippen LogP) is 2.37. The van der Waals surface area contributed by atoms with Gasteiger partial charge in [0.15, 0.2) is 11.6 Å². The number of hydrogen-bond donors (Lipinski definition) is 2. The number of halogens is 1. The minimum absolute atomic E-state index is 0.163. The summed E-state index contributed by atoms with van der Waals surface area (Å²) in [7, 11) is 0. The molecule has 0 aliphatic rings. The third kappa shape index (κ3) is 3.19. The van der Waals surface area contributed by atoms with E-state index in [2.05, 4.69) is 15.5 Å². The molecule has 0 aliphatic heterocycles. The van der Waals surface area contributed by atoms with E-state index >= 15 is 0 Å². The Morgan fingerprint density at radius 2 is 2.26 bits per heavy atom. The summed E-state index contributed by atoms with van der Waals surface area (Å²) in [6.45, 7) is 3.93. The second-order valence-corrected chi connectivity index (χ2v) is 3.94. The number of rotatable bonds is 5. The SMILES string of the molecule is CCOc1ccc(Nc2nnc(C(C)N)o2)cc1F. The second kappa shape index (κ2) is 5.66. The first-order chi connectivity index (χ1) is 9.10. The minimum atomic E-state index is -0.459. The summed E-state index contributed by atoms with van der Waals surface area (Å²) in [6.07, 6.45) is 0. The summed E-state index contributed by atoms with van der Waals surface area (Å²) in [5.41, 5.74) is 6.08. The summed E-state index contributed by atoms with van der Waals surface area (Å²) >= 11 is 0. The maximum Gasteiger partial charge on any atom is 0.320 e. The molecule has 0 bridgehead atoms. The Kier molecular flexibility index (Phi) is 3.96. The van der Waals surface area contributed by atoms with E-state index in [0.717, 1.165) is 0 Å². The number of nitrogens with one attached hydrogen (secondary N) is 1. The normalized spacial score (nSPS) is 12.2. The largest absolute Gasteiger partial charge is 0.491 e. The molecule has 7 heteroatoms. The molecule has 0 fully saturated rings. The van der Waals surface area contributed by atoms with E-state index in [-0.39, 0.29) is 17.8 Å². The zero-order valence-corrected chi connectivity index (χ0v) is 10.7. The molecule has 0 spiro atoms. The van der Waals surface area contributed by atoms with Gasteiger partial charge in [0.2, 0.25) is 5.89 Å². The van der Waals surface area contributed by atoms with Gasteiger partial charge in [-0.1, -0.05) is 5.10 Å². The fourth-order valence-corrected chi connectivity index (χ4v) is 1.44. The fourth-order valence-electron chi connectivity index (χ4n) is 1.44. The van der Waals surface area contributed by atoms with Gasteiger partial charge in [-0.3, -0.25) is 0 Å². The van der Waals surface area contributed by atoms with E-state index in [1.165, 1.54) is 12.1 Å². The van der Waals surface area contributed by atoms with Gasteiger partial charge in [0, 0.05) is 11.8 Å². The molecule has 1 aromatic carbocycles. The Balaban J connectivity index is 2.12. The van der Waals surface area contributed by atoms with Crippen LogP contribution in [0.2, 0.25) is 0 Å². The van der Waals surface area contributed by atoms with Gasteiger partial charge in [-0.05, 0) is 26.0 Å². The van der Waals surface area contributed by atoms with E-state index in [0.29, 0.717) is 18.2 Å². The topological polar surface area (TPSA) is 86.2 Å². The summed E-state index contributed by atoms with van der Waals surface area (Å²) in [4.78, 5) is 0. The number of nitrogens with two attached hydrogens (primary N) is 1. The molecule has 3 N–H and O–H groups in total. The van der Waals surface area contributed by atoms with Crippen LogP contribution in [0.3, 0.4) is 0 Å². The van der Waals surface area contributed by atoms with Crippen LogP contribution < -0.4 is 15.8 Å². The maximum atomic E-state index is 13.6. The Morgan fingerprint density at radius 3 is 2.84 bits per heavy atom. The predicted molar refractivity (Wildman–Crippen MR) is 67.8 cm³/mol. The molecule has 0 radical (unpaired) electrons. The molecule has 1 aromatic heterocycles. The zero-order chi connectivity index (χ0) is 13.8. The van der Waals surface area contributed by atoms with Crippen LogP contribution in [0.1, 0.15) is 25.8 Å². The van der Waals surface area contributed by atoms with Crippen molar-refractivity contribution in [2.24, 2.45) is 5.73 Å². The zero-order valence-electron chi connectivity index (χ0n) is 10.7. The van der Waals surface area contributed by atoms with Crippen molar-refractivity contribution in [3.8, 4) is 5.75 Å². The summed E-state index contributed by atoms with van der Waals surface area (Å²) in [5, 5.41) is 10.3. The van der Waals surface area contributed by atoms with Gasteiger partial charge >= 0.3 is 6.01 Å². The van der Waals surface area contributed by atoms with Crippen molar-refractivity contribution in [3.63, 3.8) is 0 Å². The highest BCUT2D eigenvalue weighted by atomic mass is 19.1. The first-order valence-electron chi connectivity index (χ1n) is 5.88. The average Bonchev–Trinajstić information content (AvgIpc) is 2.81. The summed E-state index contributed by atoms with van der Waals surface area (Å²) in [5.74, 6) is 0.0579. The Hall–Kier alpha value is -2.15. The van der Waals surface area contributed by atoms with E-state index < -0.39 is 5.82 Å². The number of hydrogen-bond acceptors (Lipinski definition) is 6. The van der Waals surface area contributed by atoms with Crippen LogP contribution in [0, 0.1) is 5.82 Å². The smallest absolute Gasteiger partial charge is 0.320 e. The van der Waals surface area contributed by atoms with Gasteiger partial charge in [-0.25, -0.2) is 4.39 Å². The Morgan fingerprint density at radius 1 is 1.47 bits per heavy atom. The second-order valence-electron chi connectivity index (χ2n) is 3.94. The molecule has 102 valence electrons. The van der Waals surface area contributed by atoms with Crippen LogP contribution in [0.15, 0.2) is 22.6 Å². The van der Waals surface area contributed by atoms with Crippen molar-refractivity contribution in [3.05, 3.63) is 29.9 Å². The van der Waals surface area contributed by atoms with Crippen LogP contribution >= 0.6 is 0 Å².